The minimum atomic E-state index is -0.430. The zero-order chi connectivity index (χ0) is 9.59. The van der Waals surface area contributed by atoms with E-state index in [-0.39, 0.29) is 5.56 Å². The molecule has 0 aliphatic carbocycles. The summed E-state index contributed by atoms with van der Waals surface area (Å²) in [6.07, 6.45) is 1.61. The van der Waals surface area contributed by atoms with Gasteiger partial charge in [0.2, 0.25) is 0 Å². The van der Waals surface area contributed by atoms with Gasteiger partial charge in [-0.2, -0.15) is 0 Å². The predicted octanol–water partition coefficient (Wildman–Crippen LogP) is 0.0888. The molecule has 0 atom stereocenters. The maximum Gasteiger partial charge on any atom is 0.343 e. The molecular weight excluding hydrogens is 238 g/mol. The van der Waals surface area contributed by atoms with E-state index in [9.17, 15) is 9.59 Å². The van der Waals surface area contributed by atoms with E-state index in [4.69, 9.17) is 0 Å². The van der Waals surface area contributed by atoms with Crippen LogP contribution < -0.4 is 11.2 Å². The molecule has 0 aliphatic rings. The van der Waals surface area contributed by atoms with Gasteiger partial charge in [0, 0.05) is 13.2 Å². The van der Waals surface area contributed by atoms with Crippen LogP contribution in [0.5, 0.6) is 0 Å². The van der Waals surface area contributed by atoms with Gasteiger partial charge in [-0.3, -0.25) is 13.9 Å². The van der Waals surface area contributed by atoms with Gasteiger partial charge in [0.1, 0.15) is 5.52 Å². The lowest BCUT2D eigenvalue weighted by molar-refractivity contribution is 0.717. The normalized spacial score (nSPS) is 10.9. The van der Waals surface area contributed by atoms with Crippen molar-refractivity contribution >= 4 is 21.4 Å². The van der Waals surface area contributed by atoms with E-state index in [0.717, 1.165) is 4.57 Å². The summed E-state index contributed by atoms with van der Waals surface area (Å²) in [5.74, 6) is 0. The monoisotopic (exact) mass is 243 g/mol. The molecule has 2 rings (SSSR count). The van der Waals surface area contributed by atoms with Crippen molar-refractivity contribution in [3.63, 3.8) is 0 Å². The van der Waals surface area contributed by atoms with Crippen LogP contribution in [0.2, 0.25) is 0 Å². The first-order valence-corrected chi connectivity index (χ1v) is 4.36. The third kappa shape index (κ3) is 1.06. The highest BCUT2D eigenvalue weighted by Crippen LogP contribution is 2.13. The summed E-state index contributed by atoms with van der Waals surface area (Å²) >= 11 is 3.22. The van der Waals surface area contributed by atoms with Crippen molar-refractivity contribution in [2.45, 2.75) is 0 Å². The fraction of sp³-hybridized carbons (Fsp3) is 0.143. The van der Waals surface area contributed by atoms with Crippen molar-refractivity contribution in [1.82, 2.24) is 14.2 Å². The van der Waals surface area contributed by atoms with Crippen molar-refractivity contribution in [2.75, 3.05) is 0 Å². The Balaban J connectivity index is 3.16. The Hall–Kier alpha value is -1.30. The number of rotatable bonds is 0. The number of nitrogens with one attached hydrogen (secondary N) is 1. The van der Waals surface area contributed by atoms with E-state index in [1.54, 1.807) is 12.3 Å². The van der Waals surface area contributed by atoms with Crippen molar-refractivity contribution in [3.8, 4) is 0 Å². The van der Waals surface area contributed by atoms with E-state index in [2.05, 4.69) is 21.0 Å². The molecule has 68 valence electrons. The summed E-state index contributed by atoms with van der Waals surface area (Å²) in [5.41, 5.74) is -0.316. The topological polar surface area (TPSA) is 59.3 Å². The molecule has 0 aromatic carbocycles. The maximum atomic E-state index is 11.5. The van der Waals surface area contributed by atoms with Gasteiger partial charge in [0.05, 0.1) is 4.47 Å². The summed E-state index contributed by atoms with van der Waals surface area (Å²) in [7, 11) is 1.43. The molecule has 0 unspecified atom stereocenters. The van der Waals surface area contributed by atoms with Gasteiger partial charge in [-0.25, -0.2) is 9.89 Å². The molecular formula is C7H6BrN3O2. The Morgan fingerprint density at radius 2 is 2.15 bits per heavy atom. The number of H-pyrrole nitrogens is 1. The minimum absolute atomic E-state index is 0.319. The first kappa shape index (κ1) is 8.31. The van der Waals surface area contributed by atoms with Crippen LogP contribution in [0, 0.1) is 0 Å². The maximum absolute atomic E-state index is 11.5. The van der Waals surface area contributed by atoms with Gasteiger partial charge in [-0.05, 0) is 22.0 Å². The first-order chi connectivity index (χ1) is 6.11. The van der Waals surface area contributed by atoms with Crippen LogP contribution in [-0.4, -0.2) is 14.2 Å². The lowest BCUT2D eigenvalue weighted by Gasteiger charge is -1.97. The molecule has 0 aliphatic heterocycles. The van der Waals surface area contributed by atoms with Gasteiger partial charge < -0.3 is 0 Å². The van der Waals surface area contributed by atoms with Crippen molar-refractivity contribution < 1.29 is 0 Å². The minimum Gasteiger partial charge on any atom is -0.267 e. The lowest BCUT2D eigenvalue weighted by atomic mass is 10.5. The van der Waals surface area contributed by atoms with Gasteiger partial charge in [-0.15, -0.1) is 0 Å². The predicted molar refractivity (Wildman–Crippen MR) is 51.0 cm³/mol. The number of nitrogens with zero attached hydrogens (tertiary/aromatic N) is 2. The lowest BCUT2D eigenvalue weighted by Crippen LogP contribution is -2.34. The number of halogens is 1. The van der Waals surface area contributed by atoms with Gasteiger partial charge in [-0.1, -0.05) is 0 Å². The zero-order valence-electron chi connectivity index (χ0n) is 6.74. The number of hydrogen-bond donors (Lipinski definition) is 1. The highest BCUT2D eigenvalue weighted by Gasteiger charge is 2.07. The van der Waals surface area contributed by atoms with Crippen molar-refractivity contribution in [2.24, 2.45) is 7.05 Å². The van der Waals surface area contributed by atoms with Crippen molar-refractivity contribution in [1.29, 1.82) is 0 Å². The molecule has 0 saturated heterocycles. The van der Waals surface area contributed by atoms with Crippen LogP contribution in [0.3, 0.4) is 0 Å². The van der Waals surface area contributed by atoms with E-state index in [0.29, 0.717) is 9.99 Å². The summed E-state index contributed by atoms with van der Waals surface area (Å²) in [5, 5.41) is 2.51. The second-order valence-corrected chi connectivity index (χ2v) is 3.52. The van der Waals surface area contributed by atoms with E-state index < -0.39 is 5.69 Å². The van der Waals surface area contributed by atoms with Crippen LogP contribution in [-0.2, 0) is 7.05 Å². The van der Waals surface area contributed by atoms with E-state index in [1.807, 2.05) is 0 Å². The summed E-state index contributed by atoms with van der Waals surface area (Å²) in [6, 6.07) is 1.70. The largest absolute Gasteiger partial charge is 0.343 e. The first-order valence-electron chi connectivity index (χ1n) is 3.57. The number of aromatic amines is 1. The molecule has 2 heterocycles. The second kappa shape index (κ2) is 2.59. The third-order valence-corrected chi connectivity index (χ3v) is 2.50. The van der Waals surface area contributed by atoms with Crippen molar-refractivity contribution in [3.05, 3.63) is 37.6 Å². The van der Waals surface area contributed by atoms with Crippen LogP contribution in [0.15, 0.2) is 26.3 Å². The molecule has 0 saturated carbocycles. The molecule has 1 N–H and O–H groups in total. The van der Waals surface area contributed by atoms with Gasteiger partial charge in [0.15, 0.2) is 0 Å². The molecule has 0 amide bonds. The quantitative estimate of drug-likeness (QED) is 0.713. The van der Waals surface area contributed by atoms with E-state index >= 15 is 0 Å². The molecule has 5 nitrogen and oxygen atoms in total. The fourth-order valence-corrected chi connectivity index (χ4v) is 1.61. The molecule has 13 heavy (non-hydrogen) atoms. The fourth-order valence-electron chi connectivity index (χ4n) is 1.14. The average molecular weight is 244 g/mol. The summed E-state index contributed by atoms with van der Waals surface area (Å²) < 4.78 is 3.10. The zero-order valence-corrected chi connectivity index (χ0v) is 8.33. The Morgan fingerprint density at radius 1 is 1.46 bits per heavy atom. The molecule has 2 aromatic rings. The Morgan fingerprint density at radius 3 is 2.85 bits per heavy atom. The molecule has 0 radical (unpaired) electrons. The SMILES string of the molecule is Cn1c(=O)[nH]n2ccc(Br)c2c1=O. The second-order valence-electron chi connectivity index (χ2n) is 2.66. The van der Waals surface area contributed by atoms with E-state index in [1.165, 1.54) is 11.6 Å². The number of fused-ring (bicyclic) bond motifs is 1. The third-order valence-electron chi connectivity index (χ3n) is 1.87. The Kier molecular flexibility index (Phi) is 1.66. The highest BCUT2D eigenvalue weighted by molar-refractivity contribution is 9.10. The van der Waals surface area contributed by atoms with Crippen LogP contribution in [0.4, 0.5) is 0 Å². The van der Waals surface area contributed by atoms with Crippen LogP contribution >= 0.6 is 15.9 Å². The Labute approximate surface area is 80.7 Å². The summed E-state index contributed by atoms with van der Waals surface area (Å²) in [6.45, 7) is 0. The number of aromatic nitrogens is 3. The van der Waals surface area contributed by atoms with Gasteiger partial charge in [0.25, 0.3) is 5.56 Å². The number of hydrogen-bond acceptors (Lipinski definition) is 2. The summed E-state index contributed by atoms with van der Waals surface area (Å²) in [4.78, 5) is 22.7. The van der Waals surface area contributed by atoms with Gasteiger partial charge >= 0.3 is 5.69 Å². The molecule has 0 spiro atoms. The highest BCUT2D eigenvalue weighted by atomic mass is 79.9. The average Bonchev–Trinajstić information content (AvgIpc) is 2.43. The molecule has 0 fully saturated rings. The smallest absolute Gasteiger partial charge is 0.267 e. The molecule has 2 aromatic heterocycles. The van der Waals surface area contributed by atoms with Crippen LogP contribution in [0.25, 0.3) is 5.52 Å². The molecule has 0 bridgehead atoms. The van der Waals surface area contributed by atoms with Crippen LogP contribution in [0.1, 0.15) is 0 Å². The molecule has 6 heteroatoms. The Bertz CT molecular complexity index is 577. The standard InChI is InChI=1S/C7H6BrN3O2/c1-10-6(12)5-4(8)2-3-11(5)9-7(10)13/h2-3H,1H3,(H,9,13).